The van der Waals surface area contributed by atoms with E-state index in [9.17, 15) is 12.6 Å². The molecular weight excluding hydrogens is 240 g/mol. The van der Waals surface area contributed by atoms with Crippen LogP contribution in [0.15, 0.2) is 0 Å². The van der Waals surface area contributed by atoms with E-state index in [1.54, 1.807) is 0 Å². The fourth-order valence-corrected chi connectivity index (χ4v) is 2.44. The van der Waals surface area contributed by atoms with Crippen molar-refractivity contribution in [2.75, 3.05) is 0 Å². The maximum Gasteiger partial charge on any atom is 0.317 e. The standard InChI is InChI=1S/H2O7S4/c1-9(2)6-11(5,8)7-10(3)4/h(H,1,2)(H,3,4). The van der Waals surface area contributed by atoms with Gasteiger partial charge >= 0.3 is 22.7 Å². The Labute approximate surface area is 72.1 Å². The topological polar surface area (TPSA) is 110 Å². The molecule has 0 amide bonds. The summed E-state index contributed by atoms with van der Waals surface area (Å²) >= 11 is -1.93. The Kier molecular flexibility index (Phi) is 4.72. The minimum atomic E-state index is -4.05. The largest absolute Gasteiger partial charge is 0.317 e. The molecule has 2 unspecified atom stereocenters. The number of hydrogen-bond donors (Lipinski definition) is 2. The molecule has 11 heteroatoms. The first-order valence-electron chi connectivity index (χ1n) is 1.70. The van der Waals surface area contributed by atoms with Crippen LogP contribution in [-0.2, 0) is 50.2 Å². The van der Waals surface area contributed by atoms with E-state index in [0.29, 0.717) is 0 Å². The van der Waals surface area contributed by atoms with E-state index in [0.717, 1.165) is 0 Å². The molecule has 0 aliphatic heterocycles. The number of hydrogen-bond acceptors (Lipinski definition) is 6. The van der Waals surface area contributed by atoms with Gasteiger partial charge in [-0.25, -0.2) is 0 Å². The van der Waals surface area contributed by atoms with Gasteiger partial charge in [-0.05, 0) is 0 Å². The molecule has 0 aromatic rings. The number of rotatable bonds is 4. The summed E-state index contributed by atoms with van der Waals surface area (Å²) in [7, 11) is -4.05. The van der Waals surface area contributed by atoms with E-state index < -0.39 is 31.8 Å². The highest BCUT2D eigenvalue weighted by Crippen LogP contribution is 1.99. The maximum atomic E-state index is 10.5. The van der Waals surface area contributed by atoms with Gasteiger partial charge in [-0.3, -0.25) is 9.11 Å². The van der Waals surface area contributed by atoms with Crippen molar-refractivity contribution in [2.24, 2.45) is 0 Å². The molecule has 0 radical (unpaired) electrons. The second kappa shape index (κ2) is 4.51. The van der Waals surface area contributed by atoms with Crippen molar-refractivity contribution < 1.29 is 29.0 Å². The second-order valence-corrected chi connectivity index (χ2v) is 4.98. The first-order chi connectivity index (χ1) is 4.83. The summed E-state index contributed by atoms with van der Waals surface area (Å²) in [5.41, 5.74) is 0. The first-order valence-corrected chi connectivity index (χ1v) is 6.10. The molecule has 0 aromatic carbocycles. The van der Waals surface area contributed by atoms with Crippen molar-refractivity contribution in [3.63, 3.8) is 0 Å². The van der Waals surface area contributed by atoms with E-state index in [1.807, 2.05) is 0 Å². The van der Waals surface area contributed by atoms with Gasteiger partial charge < -0.3 is 0 Å². The molecule has 7 nitrogen and oxygen atoms in total. The van der Waals surface area contributed by atoms with Gasteiger partial charge in [-0.2, -0.15) is 12.6 Å². The summed E-state index contributed by atoms with van der Waals surface area (Å²) < 4.78 is 53.0. The molecule has 11 heavy (non-hydrogen) atoms. The third kappa shape index (κ3) is 6.89. The Morgan fingerprint density at radius 1 is 1.18 bits per heavy atom. The van der Waals surface area contributed by atoms with Gasteiger partial charge in [-0.15, -0.1) is 7.26 Å². The zero-order valence-electron chi connectivity index (χ0n) is 4.57. The summed E-state index contributed by atoms with van der Waals surface area (Å²) in [6.45, 7) is 0. The molecule has 0 aromatic heterocycles. The van der Waals surface area contributed by atoms with E-state index in [-0.39, 0.29) is 0 Å². The van der Waals surface area contributed by atoms with Gasteiger partial charge in [0.15, 0.2) is 0 Å². The van der Waals surface area contributed by atoms with Gasteiger partial charge in [0, 0.05) is 11.2 Å². The van der Waals surface area contributed by atoms with Gasteiger partial charge in [0.05, 0.1) is 0 Å². The summed E-state index contributed by atoms with van der Waals surface area (Å²) in [5.74, 6) is 0. The predicted octanol–water partition coefficient (Wildman–Crippen LogP) is -1.13. The Morgan fingerprint density at radius 3 is 1.64 bits per heavy atom. The zero-order valence-corrected chi connectivity index (χ0v) is 7.83. The third-order valence-electron chi connectivity index (χ3n) is 0.283. The second-order valence-electron chi connectivity index (χ2n) is 0.979. The van der Waals surface area contributed by atoms with Gasteiger partial charge in [0.1, 0.15) is 0 Å². The molecule has 2 atom stereocenters. The Morgan fingerprint density at radius 2 is 1.45 bits per heavy atom. The average molecular weight is 242 g/mol. The van der Waals surface area contributed by atoms with Crippen LogP contribution in [0.4, 0.5) is 0 Å². The van der Waals surface area contributed by atoms with Gasteiger partial charge in [0.25, 0.3) is 9.05 Å². The van der Waals surface area contributed by atoms with Crippen molar-refractivity contribution in [3.05, 3.63) is 0 Å². The van der Waals surface area contributed by atoms with Crippen molar-refractivity contribution >= 4 is 43.0 Å². The molecule has 0 aliphatic carbocycles. The molecule has 0 bridgehead atoms. The van der Waals surface area contributed by atoms with Crippen molar-refractivity contribution in [3.8, 4) is 0 Å². The lowest BCUT2D eigenvalue weighted by atomic mass is 15.8. The summed E-state index contributed by atoms with van der Waals surface area (Å²) in [5, 5.41) is 0. The molecule has 0 saturated carbocycles. The summed E-state index contributed by atoms with van der Waals surface area (Å²) in [6.07, 6.45) is 0. The van der Waals surface area contributed by atoms with Crippen molar-refractivity contribution in [2.45, 2.75) is 0 Å². The van der Waals surface area contributed by atoms with Crippen LogP contribution < -0.4 is 0 Å². The third-order valence-corrected chi connectivity index (χ3v) is 3.55. The summed E-state index contributed by atoms with van der Waals surface area (Å²) in [6, 6.07) is 0. The molecule has 0 spiro atoms. The van der Waals surface area contributed by atoms with Crippen LogP contribution in [0.2, 0.25) is 0 Å². The Balaban J connectivity index is 4.25. The van der Waals surface area contributed by atoms with Crippen LogP contribution >= 0.6 is 0 Å². The van der Waals surface area contributed by atoms with Crippen molar-refractivity contribution in [1.29, 1.82) is 0 Å². The lowest BCUT2D eigenvalue weighted by molar-refractivity contribution is 0.413. The minimum Gasteiger partial charge on any atom is -0.283 e. The molecular formula is H2O7S4. The van der Waals surface area contributed by atoms with Gasteiger partial charge in [0.2, 0.25) is 0 Å². The molecule has 0 fully saturated rings. The first kappa shape index (κ1) is 11.5. The monoisotopic (exact) mass is 242 g/mol. The average Bonchev–Trinajstić information content (AvgIpc) is 1.53. The lowest BCUT2D eigenvalue weighted by Crippen LogP contribution is -2.11. The fourth-order valence-electron chi connectivity index (χ4n) is 0.154. The molecule has 0 saturated heterocycles. The molecule has 2 N–H and O–H groups in total. The van der Waals surface area contributed by atoms with E-state index in [1.165, 1.54) is 0 Å². The minimum absolute atomic E-state index is 2.90. The van der Waals surface area contributed by atoms with E-state index >= 15 is 0 Å². The Hall–Kier alpha value is 0.510. The van der Waals surface area contributed by atoms with E-state index in [4.69, 9.17) is 9.11 Å². The molecule has 0 rings (SSSR count). The maximum absolute atomic E-state index is 10.5. The highest BCUT2D eigenvalue weighted by Gasteiger charge is 2.14. The Bertz CT molecular complexity index is 236. The van der Waals surface area contributed by atoms with Crippen LogP contribution in [-0.4, -0.2) is 21.7 Å². The molecule has 0 heterocycles. The lowest BCUT2D eigenvalue weighted by Gasteiger charge is -1.98. The highest BCUT2D eigenvalue weighted by molar-refractivity contribution is 8.31. The van der Waals surface area contributed by atoms with Crippen molar-refractivity contribution in [1.82, 2.24) is 0 Å². The molecule has 0 aliphatic rings. The zero-order chi connectivity index (χ0) is 9.07. The highest BCUT2D eigenvalue weighted by atomic mass is 32.9. The van der Waals surface area contributed by atoms with Crippen LogP contribution in [0.5, 0.6) is 0 Å². The van der Waals surface area contributed by atoms with Gasteiger partial charge in [-0.1, -0.05) is 0 Å². The quantitative estimate of drug-likeness (QED) is 0.596. The summed E-state index contributed by atoms with van der Waals surface area (Å²) in [4.78, 5) is 0. The predicted molar refractivity (Wildman–Crippen MR) is 39.2 cm³/mol. The smallest absolute Gasteiger partial charge is 0.283 e. The normalized spacial score (nSPS) is 22.0. The molecule has 68 valence electrons. The SMILES string of the molecule is O=S(O)OS(=O)(=S)OS(=O)O. The van der Waals surface area contributed by atoms with Crippen LogP contribution in [0.3, 0.4) is 0 Å². The van der Waals surface area contributed by atoms with Crippen LogP contribution in [0.1, 0.15) is 0 Å². The van der Waals surface area contributed by atoms with E-state index in [2.05, 4.69) is 18.4 Å². The van der Waals surface area contributed by atoms with Crippen LogP contribution in [0, 0.1) is 0 Å². The van der Waals surface area contributed by atoms with Crippen LogP contribution in [0.25, 0.3) is 0 Å². The fraction of sp³-hybridized carbons (Fsp3) is 0.